The van der Waals surface area contributed by atoms with E-state index in [1.54, 1.807) is 27.7 Å². The number of hydrogen-bond donors (Lipinski definition) is 6. The summed E-state index contributed by atoms with van der Waals surface area (Å²) in [6.45, 7) is 6.26. The number of carbonyl (C=O) groups excluding carboxylic acids is 3. The van der Waals surface area contributed by atoms with Crippen molar-refractivity contribution >= 4 is 17.7 Å². The van der Waals surface area contributed by atoms with Gasteiger partial charge >= 0.3 is 6.09 Å². The number of hydrogen-bond acceptors (Lipinski definition) is 12. The van der Waals surface area contributed by atoms with E-state index in [0.717, 1.165) is 0 Å². The van der Waals surface area contributed by atoms with Crippen LogP contribution in [0.2, 0.25) is 0 Å². The highest BCUT2D eigenvalue weighted by atomic mass is 16.7. The van der Waals surface area contributed by atoms with Crippen molar-refractivity contribution in [3.8, 4) is 17.2 Å². The number of alkyl carbamates (subject to hydrolysis) is 1. The first-order valence-electron chi connectivity index (χ1n) is 14.8. The Morgan fingerprint density at radius 3 is 2.44 bits per heavy atom. The summed E-state index contributed by atoms with van der Waals surface area (Å²) < 4.78 is 22.8. The van der Waals surface area contributed by atoms with Gasteiger partial charge in [-0.25, -0.2) is 4.79 Å². The van der Waals surface area contributed by atoms with Crippen molar-refractivity contribution in [3.05, 3.63) is 51.6 Å². The van der Waals surface area contributed by atoms with Crippen LogP contribution in [0.1, 0.15) is 96.0 Å². The Balaban J connectivity index is 1.55. The second-order valence-electron chi connectivity index (χ2n) is 12.8. The first-order chi connectivity index (χ1) is 21.1. The monoisotopic (exact) mass is 629 g/mol. The molecule has 1 aliphatic heterocycles. The highest BCUT2D eigenvalue weighted by Gasteiger charge is 2.48. The zero-order chi connectivity index (χ0) is 33.0. The molecule has 1 heterocycles. The lowest BCUT2D eigenvalue weighted by atomic mass is 9.72. The summed E-state index contributed by atoms with van der Waals surface area (Å²) in [5, 5.41) is 57.8. The van der Waals surface area contributed by atoms with Gasteiger partial charge in [-0.05, 0) is 40.2 Å². The summed E-state index contributed by atoms with van der Waals surface area (Å²) in [6.07, 6.45) is -5.64. The molecular formula is C32H39NO12. The average molecular weight is 630 g/mol. The van der Waals surface area contributed by atoms with Gasteiger partial charge in [0.25, 0.3) is 0 Å². The lowest BCUT2D eigenvalue weighted by Crippen LogP contribution is -2.56. The molecule has 244 valence electrons. The lowest BCUT2D eigenvalue weighted by molar-refractivity contribution is -0.250. The molecule has 6 N–H and O–H groups in total. The number of ketones is 2. The van der Waals surface area contributed by atoms with E-state index in [0.29, 0.717) is 0 Å². The van der Waals surface area contributed by atoms with Crippen LogP contribution in [0.25, 0.3) is 0 Å². The van der Waals surface area contributed by atoms with Crippen LogP contribution in [-0.2, 0) is 20.6 Å². The molecule has 1 fully saturated rings. The van der Waals surface area contributed by atoms with Crippen LogP contribution in [-0.4, -0.2) is 92.7 Å². The van der Waals surface area contributed by atoms with Gasteiger partial charge in [-0.3, -0.25) is 9.59 Å². The van der Waals surface area contributed by atoms with Crippen molar-refractivity contribution in [1.82, 2.24) is 5.32 Å². The molecule has 0 bridgehead atoms. The van der Waals surface area contributed by atoms with Gasteiger partial charge in [-0.1, -0.05) is 12.1 Å². The lowest BCUT2D eigenvalue weighted by Gasteiger charge is -2.43. The third-order valence-electron chi connectivity index (χ3n) is 8.46. The van der Waals surface area contributed by atoms with E-state index in [1.165, 1.54) is 25.3 Å². The quantitative estimate of drug-likeness (QED) is 0.218. The average Bonchev–Trinajstić information content (AvgIpc) is 2.94. The fourth-order valence-electron chi connectivity index (χ4n) is 6.43. The van der Waals surface area contributed by atoms with Crippen molar-refractivity contribution in [1.29, 1.82) is 0 Å². The molecule has 13 heteroatoms. The zero-order valence-electron chi connectivity index (χ0n) is 25.7. The second-order valence-corrected chi connectivity index (χ2v) is 12.8. The second kappa shape index (κ2) is 11.9. The molecule has 0 spiro atoms. The Kier molecular flexibility index (Phi) is 8.62. The van der Waals surface area contributed by atoms with Gasteiger partial charge in [-0.15, -0.1) is 0 Å². The molecule has 2 aliphatic carbocycles. The Morgan fingerprint density at radius 1 is 1.11 bits per heavy atom. The molecule has 2 aromatic rings. The van der Waals surface area contributed by atoms with Crippen molar-refractivity contribution in [2.24, 2.45) is 0 Å². The fourth-order valence-corrected chi connectivity index (χ4v) is 6.43. The molecule has 1 amide bonds. The van der Waals surface area contributed by atoms with E-state index in [4.69, 9.17) is 18.9 Å². The van der Waals surface area contributed by atoms with Crippen LogP contribution in [0.3, 0.4) is 0 Å². The number of benzene rings is 2. The predicted molar refractivity (Wildman–Crippen MR) is 157 cm³/mol. The number of carbonyl (C=O) groups is 3. The standard InChI is InChI=1S/C32H39NO12/c1-14-25(35)17(33-30(40)45-31(2,3)4)11-20(43-14)44-19-13-32(41,9-10-34)12-16-22(19)29(39)24-23(27(16)37)26(36)15-7-6-8-18(42-5)21(15)28(24)38/h6-8,14,17,19-20,25,34-35,37,39,41H,9-13H2,1-5H3,(H,33,40)/t14-,17-,19-,20-,25+,32-/m0/s1. The minimum atomic E-state index is -1.64. The molecule has 1 saturated heterocycles. The molecule has 6 atom stereocenters. The predicted octanol–water partition coefficient (Wildman–Crippen LogP) is 2.39. The highest BCUT2D eigenvalue weighted by molar-refractivity contribution is 6.31. The number of fused-ring (bicyclic) bond motifs is 3. The van der Waals surface area contributed by atoms with Crippen LogP contribution >= 0.6 is 0 Å². The minimum absolute atomic E-state index is 0.0117. The van der Waals surface area contributed by atoms with Crippen LogP contribution < -0.4 is 10.1 Å². The molecule has 0 unspecified atom stereocenters. The summed E-state index contributed by atoms with van der Waals surface area (Å²) in [5.74, 6) is -2.53. The van der Waals surface area contributed by atoms with Crippen molar-refractivity contribution in [3.63, 3.8) is 0 Å². The number of phenols is 2. The molecular weight excluding hydrogens is 590 g/mol. The van der Waals surface area contributed by atoms with Crippen molar-refractivity contribution in [2.75, 3.05) is 13.7 Å². The number of aliphatic hydroxyl groups excluding tert-OH is 2. The first-order valence-corrected chi connectivity index (χ1v) is 14.8. The van der Waals surface area contributed by atoms with Gasteiger partial charge in [0.05, 0.1) is 47.7 Å². The molecule has 0 aromatic heterocycles. The van der Waals surface area contributed by atoms with Crippen molar-refractivity contribution < 1.29 is 58.9 Å². The van der Waals surface area contributed by atoms with E-state index >= 15 is 0 Å². The molecule has 0 saturated carbocycles. The summed E-state index contributed by atoms with van der Waals surface area (Å²) >= 11 is 0. The third-order valence-corrected chi connectivity index (χ3v) is 8.46. The topological polar surface area (TPSA) is 201 Å². The van der Waals surface area contributed by atoms with E-state index in [9.17, 15) is 39.9 Å². The maximum Gasteiger partial charge on any atom is 0.407 e. The molecule has 0 radical (unpaired) electrons. The van der Waals surface area contributed by atoms with Gasteiger partial charge in [0.15, 0.2) is 12.1 Å². The number of phenolic OH excluding ortho intramolecular Hbond substituents is 2. The molecule has 5 rings (SSSR count). The van der Waals surface area contributed by atoms with Crippen LogP contribution in [0.4, 0.5) is 4.79 Å². The Morgan fingerprint density at radius 2 is 1.80 bits per heavy atom. The molecule has 2 aromatic carbocycles. The Bertz CT molecular complexity index is 1530. The molecule has 13 nitrogen and oxygen atoms in total. The normalized spacial score (nSPS) is 27.7. The van der Waals surface area contributed by atoms with Crippen LogP contribution in [0.5, 0.6) is 17.2 Å². The zero-order valence-corrected chi connectivity index (χ0v) is 25.7. The number of aromatic hydroxyl groups is 2. The number of amides is 1. The minimum Gasteiger partial charge on any atom is -0.507 e. The van der Waals surface area contributed by atoms with E-state index in [2.05, 4.69) is 5.32 Å². The van der Waals surface area contributed by atoms with Crippen molar-refractivity contribution in [2.45, 2.75) is 95.2 Å². The van der Waals surface area contributed by atoms with Gasteiger partial charge in [-0.2, -0.15) is 0 Å². The summed E-state index contributed by atoms with van der Waals surface area (Å²) in [6, 6.07) is 3.59. The van der Waals surface area contributed by atoms with Gasteiger partial charge in [0, 0.05) is 42.6 Å². The van der Waals surface area contributed by atoms with Gasteiger partial charge in [0.1, 0.15) is 29.0 Å². The number of methoxy groups -OCH3 is 1. The molecule has 45 heavy (non-hydrogen) atoms. The first kappa shape index (κ1) is 32.6. The van der Waals surface area contributed by atoms with Crippen LogP contribution in [0, 0.1) is 0 Å². The summed E-state index contributed by atoms with van der Waals surface area (Å²) in [7, 11) is 1.34. The van der Waals surface area contributed by atoms with E-state index < -0.39 is 88.7 Å². The van der Waals surface area contributed by atoms with E-state index in [-0.39, 0.29) is 53.7 Å². The number of rotatable bonds is 6. The Hall–Kier alpha value is -3.75. The smallest absolute Gasteiger partial charge is 0.407 e. The largest absolute Gasteiger partial charge is 0.507 e. The van der Waals surface area contributed by atoms with Gasteiger partial charge < -0.3 is 49.8 Å². The van der Waals surface area contributed by atoms with Crippen LogP contribution in [0.15, 0.2) is 18.2 Å². The fraction of sp³-hybridized carbons (Fsp3) is 0.531. The molecule has 3 aliphatic rings. The third kappa shape index (κ3) is 5.98. The Labute approximate surface area is 259 Å². The number of ether oxygens (including phenoxy) is 4. The summed E-state index contributed by atoms with van der Waals surface area (Å²) in [4.78, 5) is 39.9. The number of nitrogens with one attached hydrogen (secondary N) is 1. The number of aliphatic hydroxyl groups is 3. The van der Waals surface area contributed by atoms with Gasteiger partial charge in [0.2, 0.25) is 5.78 Å². The van der Waals surface area contributed by atoms with E-state index in [1.807, 2.05) is 0 Å². The maximum atomic E-state index is 13.8. The highest BCUT2D eigenvalue weighted by Crippen LogP contribution is 2.53. The summed E-state index contributed by atoms with van der Waals surface area (Å²) in [5.41, 5.74) is -3.36. The SMILES string of the molecule is COc1cccc2c1C(=O)c1c(O)c3c(c(O)c1C2=O)C[C@@](O)(CCO)C[C@@H]3O[C@H]1C[C@H](NC(=O)OC(C)(C)C)[C@H](O)[C@H](C)O1. The maximum absolute atomic E-state index is 13.8.